The lowest BCUT2D eigenvalue weighted by Crippen LogP contribution is -2.49. The fourth-order valence-corrected chi connectivity index (χ4v) is 3.14. The average molecular weight is 369 g/mol. The molecule has 0 spiro atoms. The van der Waals surface area contributed by atoms with E-state index in [9.17, 15) is 13.6 Å². The molecule has 7 heteroatoms. The van der Waals surface area contributed by atoms with Crippen LogP contribution in [0.5, 0.6) is 5.75 Å². The van der Waals surface area contributed by atoms with Gasteiger partial charge in [-0.1, -0.05) is 18.2 Å². The summed E-state index contributed by atoms with van der Waals surface area (Å²) in [7, 11) is 0. The lowest BCUT2D eigenvalue weighted by atomic mass is 10.1. The van der Waals surface area contributed by atoms with E-state index >= 15 is 0 Å². The Morgan fingerprint density at radius 3 is 2.56 bits per heavy atom. The number of hydrogen-bond acceptors (Lipinski definition) is 3. The highest BCUT2D eigenvalue weighted by Crippen LogP contribution is 2.26. The van der Waals surface area contributed by atoms with Crippen molar-refractivity contribution in [2.45, 2.75) is 19.2 Å². The predicted octanol–water partition coefficient (Wildman–Crippen LogP) is 3.60. The first-order valence-corrected chi connectivity index (χ1v) is 8.55. The van der Waals surface area contributed by atoms with Crippen LogP contribution in [0.1, 0.15) is 16.2 Å². The van der Waals surface area contributed by atoms with Crippen LogP contribution in [-0.4, -0.2) is 28.4 Å². The predicted molar refractivity (Wildman–Crippen MR) is 96.0 cm³/mol. The Labute approximate surface area is 154 Å². The number of amides is 1. The van der Waals surface area contributed by atoms with Gasteiger partial charge in [0.1, 0.15) is 36.2 Å². The van der Waals surface area contributed by atoms with E-state index in [4.69, 9.17) is 4.74 Å². The first kappa shape index (κ1) is 17.2. The lowest BCUT2D eigenvalue weighted by molar-refractivity contribution is 0.0936. The molecule has 0 unspecified atom stereocenters. The first-order valence-electron chi connectivity index (χ1n) is 8.55. The minimum absolute atomic E-state index is 0.203. The molecule has 0 bridgehead atoms. The first-order chi connectivity index (χ1) is 13.2. The maximum atomic E-state index is 13.6. The van der Waals surface area contributed by atoms with Crippen LogP contribution in [0.3, 0.4) is 0 Å². The molecule has 0 aliphatic carbocycles. The van der Waals surface area contributed by atoms with Crippen molar-refractivity contribution >= 4 is 11.6 Å². The van der Waals surface area contributed by atoms with Gasteiger partial charge in [0, 0.05) is 5.69 Å². The van der Waals surface area contributed by atoms with Crippen LogP contribution in [0.15, 0.2) is 60.7 Å². The molecule has 0 saturated heterocycles. The van der Waals surface area contributed by atoms with Crippen LogP contribution >= 0.6 is 0 Å². The standard InChI is InChI=1S/C20H17F2N3O2/c21-11-17-12-24-19(20(26)25(17)16-8-6-14(22)7-9-16)10-15(23-24)13-27-18-4-2-1-3-5-18/h1-10,17H,11-13H2/t17-/m1/s1. The smallest absolute Gasteiger partial charge is 0.276 e. The number of para-hydroxylation sites is 1. The molecule has 3 aromatic rings. The zero-order valence-corrected chi connectivity index (χ0v) is 14.4. The molecule has 5 nitrogen and oxygen atoms in total. The van der Waals surface area contributed by atoms with Gasteiger partial charge in [0.15, 0.2) is 0 Å². The minimum atomic E-state index is -0.724. The van der Waals surface area contributed by atoms with Crippen molar-refractivity contribution in [1.29, 1.82) is 0 Å². The Kier molecular flexibility index (Phi) is 4.58. The molecule has 1 aliphatic heterocycles. The highest BCUT2D eigenvalue weighted by molar-refractivity contribution is 6.06. The van der Waals surface area contributed by atoms with E-state index in [1.807, 2.05) is 30.3 Å². The molecule has 0 saturated carbocycles. The van der Waals surface area contributed by atoms with Gasteiger partial charge in [0.25, 0.3) is 5.91 Å². The van der Waals surface area contributed by atoms with E-state index in [-0.39, 0.29) is 19.1 Å². The Hall–Kier alpha value is -3.22. The number of hydrogen-bond donors (Lipinski definition) is 0. The van der Waals surface area contributed by atoms with Gasteiger partial charge in [-0.15, -0.1) is 0 Å². The number of rotatable bonds is 5. The summed E-state index contributed by atoms with van der Waals surface area (Å²) in [4.78, 5) is 14.3. The SMILES string of the molecule is O=C1c2cc(COc3ccccc3)nn2C[C@@H](CF)N1c1ccc(F)cc1. The maximum Gasteiger partial charge on any atom is 0.276 e. The Bertz CT molecular complexity index is 942. The molecule has 1 atom stereocenters. The number of alkyl halides is 1. The second-order valence-electron chi connectivity index (χ2n) is 6.26. The molecule has 1 aromatic heterocycles. The van der Waals surface area contributed by atoms with Crippen molar-refractivity contribution in [3.05, 3.63) is 77.9 Å². The normalized spacial score (nSPS) is 16.3. The minimum Gasteiger partial charge on any atom is -0.487 e. The molecule has 0 radical (unpaired) electrons. The van der Waals surface area contributed by atoms with E-state index < -0.39 is 18.5 Å². The molecule has 0 fully saturated rings. The number of halogens is 2. The van der Waals surface area contributed by atoms with E-state index in [2.05, 4.69) is 5.10 Å². The third-order valence-corrected chi connectivity index (χ3v) is 4.43. The largest absolute Gasteiger partial charge is 0.487 e. The van der Waals surface area contributed by atoms with Crippen molar-refractivity contribution in [3.8, 4) is 5.75 Å². The molecule has 1 amide bonds. The summed E-state index contributed by atoms with van der Waals surface area (Å²) in [6, 6.07) is 15.7. The van der Waals surface area contributed by atoms with Gasteiger partial charge in [-0.2, -0.15) is 5.10 Å². The lowest BCUT2D eigenvalue weighted by Gasteiger charge is -2.34. The molecule has 27 heavy (non-hydrogen) atoms. The third kappa shape index (κ3) is 3.40. The fourth-order valence-electron chi connectivity index (χ4n) is 3.14. The molecule has 1 aliphatic rings. The third-order valence-electron chi connectivity index (χ3n) is 4.43. The van der Waals surface area contributed by atoms with Crippen LogP contribution in [0.25, 0.3) is 0 Å². The maximum absolute atomic E-state index is 13.6. The molecule has 2 heterocycles. The number of anilines is 1. The average Bonchev–Trinajstić information content (AvgIpc) is 3.11. The number of aromatic nitrogens is 2. The zero-order valence-electron chi connectivity index (χ0n) is 14.4. The van der Waals surface area contributed by atoms with Gasteiger partial charge in [-0.05, 0) is 42.5 Å². The van der Waals surface area contributed by atoms with Crippen molar-refractivity contribution in [1.82, 2.24) is 9.78 Å². The number of carbonyl (C=O) groups excluding carboxylic acids is 1. The quantitative estimate of drug-likeness (QED) is 0.690. The van der Waals surface area contributed by atoms with Gasteiger partial charge >= 0.3 is 0 Å². The summed E-state index contributed by atoms with van der Waals surface area (Å²) >= 11 is 0. The van der Waals surface area contributed by atoms with E-state index in [1.54, 1.807) is 6.07 Å². The van der Waals surface area contributed by atoms with Crippen LogP contribution in [0.4, 0.5) is 14.5 Å². The van der Waals surface area contributed by atoms with Crippen molar-refractivity contribution in [2.24, 2.45) is 0 Å². The van der Waals surface area contributed by atoms with Crippen LogP contribution in [0, 0.1) is 5.82 Å². The van der Waals surface area contributed by atoms with Crippen molar-refractivity contribution in [2.75, 3.05) is 11.6 Å². The Morgan fingerprint density at radius 1 is 1.11 bits per heavy atom. The monoisotopic (exact) mass is 369 g/mol. The number of fused-ring (bicyclic) bond motifs is 1. The number of carbonyl (C=O) groups is 1. The zero-order chi connectivity index (χ0) is 18.8. The van der Waals surface area contributed by atoms with Crippen LogP contribution in [0.2, 0.25) is 0 Å². The van der Waals surface area contributed by atoms with E-state index in [1.165, 1.54) is 33.8 Å². The van der Waals surface area contributed by atoms with Crippen molar-refractivity contribution in [3.63, 3.8) is 0 Å². The Balaban J connectivity index is 1.58. The topological polar surface area (TPSA) is 47.4 Å². The highest BCUT2D eigenvalue weighted by Gasteiger charge is 2.35. The summed E-state index contributed by atoms with van der Waals surface area (Å²) in [6.45, 7) is -0.299. The van der Waals surface area contributed by atoms with Gasteiger partial charge in [0.05, 0.1) is 12.6 Å². The molecule has 4 rings (SSSR count). The molecule has 2 aromatic carbocycles. The van der Waals surface area contributed by atoms with E-state index in [0.717, 1.165) is 0 Å². The second-order valence-corrected chi connectivity index (χ2v) is 6.26. The van der Waals surface area contributed by atoms with Crippen LogP contribution < -0.4 is 9.64 Å². The number of nitrogens with zero attached hydrogens (tertiary/aromatic N) is 3. The summed E-state index contributed by atoms with van der Waals surface area (Å²) in [5.74, 6) is -0.0799. The van der Waals surface area contributed by atoms with Gasteiger partial charge < -0.3 is 4.74 Å². The van der Waals surface area contributed by atoms with Crippen LogP contribution in [-0.2, 0) is 13.2 Å². The summed E-state index contributed by atoms with van der Waals surface area (Å²) in [5, 5.41) is 4.37. The summed E-state index contributed by atoms with van der Waals surface area (Å²) in [5.41, 5.74) is 1.40. The molecular weight excluding hydrogens is 352 g/mol. The van der Waals surface area contributed by atoms with Gasteiger partial charge in [-0.3, -0.25) is 14.4 Å². The van der Waals surface area contributed by atoms with Gasteiger partial charge in [-0.25, -0.2) is 8.78 Å². The molecular formula is C20H17F2N3O2. The summed E-state index contributed by atoms with van der Waals surface area (Å²) in [6.07, 6.45) is 0. The number of ether oxygens (including phenoxy) is 1. The van der Waals surface area contributed by atoms with Crippen molar-refractivity contribution < 1.29 is 18.3 Å². The number of benzene rings is 2. The second kappa shape index (κ2) is 7.19. The Morgan fingerprint density at radius 2 is 1.85 bits per heavy atom. The van der Waals surface area contributed by atoms with Gasteiger partial charge in [0.2, 0.25) is 0 Å². The summed E-state index contributed by atoms with van der Waals surface area (Å²) < 4.78 is 34.0. The highest BCUT2D eigenvalue weighted by atomic mass is 19.1. The molecule has 138 valence electrons. The fraction of sp³-hybridized carbons (Fsp3) is 0.200. The van der Waals surface area contributed by atoms with E-state index in [0.29, 0.717) is 22.8 Å². The molecule has 0 N–H and O–H groups in total.